The van der Waals surface area contributed by atoms with Gasteiger partial charge in [-0.15, -0.1) is 0 Å². The van der Waals surface area contributed by atoms with Crippen LogP contribution < -0.4 is 0 Å². The Morgan fingerprint density at radius 1 is 1.00 bits per heavy atom. The van der Waals surface area contributed by atoms with Crippen molar-refractivity contribution >= 4 is 15.9 Å². The Labute approximate surface area is 160 Å². The normalized spacial score (nSPS) is 15.6. The van der Waals surface area contributed by atoms with Crippen molar-refractivity contribution in [1.82, 2.24) is 14.1 Å². The highest BCUT2D eigenvalue weighted by molar-refractivity contribution is 7.89. The zero-order chi connectivity index (χ0) is 19.7. The van der Waals surface area contributed by atoms with E-state index in [2.05, 4.69) is 0 Å². The molecule has 0 spiro atoms. The maximum Gasteiger partial charge on any atom is 0.243 e. The van der Waals surface area contributed by atoms with Gasteiger partial charge in [0.15, 0.2) is 0 Å². The molecule has 1 aliphatic rings. The first-order chi connectivity index (χ1) is 13.0. The van der Waals surface area contributed by atoms with E-state index in [4.69, 9.17) is 10.5 Å². The zero-order valence-corrected chi connectivity index (χ0v) is 15.9. The van der Waals surface area contributed by atoms with Gasteiger partial charge in [-0.05, 0) is 12.1 Å². The molecule has 144 valence electrons. The van der Waals surface area contributed by atoms with E-state index in [1.165, 1.54) is 9.21 Å². The van der Waals surface area contributed by atoms with Crippen LogP contribution in [0.2, 0.25) is 0 Å². The highest BCUT2D eigenvalue weighted by atomic mass is 32.2. The average Bonchev–Trinajstić information content (AvgIpc) is 2.69. The van der Waals surface area contributed by atoms with Crippen LogP contribution in [0.3, 0.4) is 0 Å². The van der Waals surface area contributed by atoms with Gasteiger partial charge in [-0.2, -0.15) is 14.8 Å². The molecule has 1 saturated heterocycles. The Balaban J connectivity index is 1.90. The van der Waals surface area contributed by atoms with Gasteiger partial charge in [0, 0.05) is 39.3 Å². The van der Waals surface area contributed by atoms with E-state index >= 15 is 0 Å². The SMILES string of the molecule is N#CCCN(CCC#N)C(=O)CN1CCN(S(=O)(=O)c2ccccc2)CC1. The summed E-state index contributed by atoms with van der Waals surface area (Å²) in [4.78, 5) is 16.2. The summed E-state index contributed by atoms with van der Waals surface area (Å²) in [6.07, 6.45) is 0.445. The van der Waals surface area contributed by atoms with E-state index in [1.807, 2.05) is 17.0 Å². The van der Waals surface area contributed by atoms with Crippen molar-refractivity contribution in [2.75, 3.05) is 45.8 Å². The number of nitriles is 2. The zero-order valence-electron chi connectivity index (χ0n) is 15.1. The summed E-state index contributed by atoms with van der Waals surface area (Å²) < 4.78 is 26.7. The molecule has 0 saturated carbocycles. The maximum absolute atomic E-state index is 12.6. The van der Waals surface area contributed by atoms with Crippen molar-refractivity contribution in [3.05, 3.63) is 30.3 Å². The number of hydrogen-bond donors (Lipinski definition) is 0. The lowest BCUT2D eigenvalue weighted by atomic mass is 10.3. The highest BCUT2D eigenvalue weighted by Gasteiger charge is 2.29. The Morgan fingerprint density at radius 2 is 1.56 bits per heavy atom. The van der Waals surface area contributed by atoms with Crippen LogP contribution in [0.15, 0.2) is 35.2 Å². The number of nitrogens with zero attached hydrogens (tertiary/aromatic N) is 5. The first-order valence-corrected chi connectivity index (χ1v) is 10.2. The average molecular weight is 389 g/mol. The summed E-state index contributed by atoms with van der Waals surface area (Å²) in [5, 5.41) is 17.4. The van der Waals surface area contributed by atoms with Gasteiger partial charge in [-0.3, -0.25) is 9.69 Å². The van der Waals surface area contributed by atoms with Gasteiger partial charge >= 0.3 is 0 Å². The number of hydrogen-bond acceptors (Lipinski definition) is 6. The van der Waals surface area contributed by atoms with Crippen molar-refractivity contribution in [3.8, 4) is 12.1 Å². The minimum absolute atomic E-state index is 0.139. The van der Waals surface area contributed by atoms with Gasteiger partial charge in [0.05, 0.1) is 36.4 Å². The number of piperazine rings is 1. The van der Waals surface area contributed by atoms with Crippen LogP contribution in [0.4, 0.5) is 0 Å². The first kappa shape index (κ1) is 20.8. The fraction of sp³-hybridized carbons (Fsp3) is 0.500. The summed E-state index contributed by atoms with van der Waals surface area (Å²) in [5.41, 5.74) is 0. The molecule has 0 bridgehead atoms. The lowest BCUT2D eigenvalue weighted by Crippen LogP contribution is -2.51. The van der Waals surface area contributed by atoms with Crippen molar-refractivity contribution in [1.29, 1.82) is 10.5 Å². The number of rotatable bonds is 8. The van der Waals surface area contributed by atoms with Crippen molar-refractivity contribution < 1.29 is 13.2 Å². The molecule has 1 aliphatic heterocycles. The molecule has 1 fully saturated rings. The van der Waals surface area contributed by atoms with Gasteiger partial charge < -0.3 is 4.90 Å². The van der Waals surface area contributed by atoms with Crippen molar-refractivity contribution in [3.63, 3.8) is 0 Å². The molecule has 1 aromatic carbocycles. The van der Waals surface area contributed by atoms with Crippen LogP contribution in [0.1, 0.15) is 12.8 Å². The maximum atomic E-state index is 12.6. The second kappa shape index (κ2) is 10.0. The first-order valence-electron chi connectivity index (χ1n) is 8.78. The van der Waals surface area contributed by atoms with Gasteiger partial charge in [-0.1, -0.05) is 18.2 Å². The second-order valence-corrected chi connectivity index (χ2v) is 8.13. The fourth-order valence-electron chi connectivity index (χ4n) is 2.89. The molecule has 0 radical (unpaired) electrons. The predicted molar refractivity (Wildman–Crippen MR) is 98.7 cm³/mol. The van der Waals surface area contributed by atoms with E-state index in [1.54, 1.807) is 30.3 Å². The monoisotopic (exact) mass is 389 g/mol. The highest BCUT2D eigenvalue weighted by Crippen LogP contribution is 2.17. The van der Waals surface area contributed by atoms with Crippen LogP contribution >= 0.6 is 0 Å². The topological polar surface area (TPSA) is 109 Å². The van der Waals surface area contributed by atoms with E-state index in [9.17, 15) is 13.2 Å². The number of benzene rings is 1. The summed E-state index contributed by atoms with van der Waals surface area (Å²) >= 11 is 0. The molecule has 1 aromatic rings. The Hall–Kier alpha value is -2.46. The molecule has 1 heterocycles. The summed E-state index contributed by atoms with van der Waals surface area (Å²) in [6.45, 7) is 2.33. The van der Waals surface area contributed by atoms with Crippen LogP contribution in [0, 0.1) is 22.7 Å². The molecular formula is C18H23N5O3S. The molecule has 0 atom stereocenters. The number of carbonyl (C=O) groups excluding carboxylic acids is 1. The Bertz CT molecular complexity index is 788. The minimum atomic E-state index is -3.52. The Morgan fingerprint density at radius 3 is 2.07 bits per heavy atom. The summed E-state index contributed by atoms with van der Waals surface area (Å²) in [7, 11) is -3.52. The lowest BCUT2D eigenvalue weighted by molar-refractivity contribution is -0.132. The van der Waals surface area contributed by atoms with Crippen LogP contribution in [-0.2, 0) is 14.8 Å². The van der Waals surface area contributed by atoms with Gasteiger partial charge in [0.25, 0.3) is 0 Å². The fourth-order valence-corrected chi connectivity index (χ4v) is 4.34. The molecule has 2 rings (SSSR count). The molecule has 0 unspecified atom stereocenters. The molecule has 1 amide bonds. The molecule has 0 N–H and O–H groups in total. The molecule has 0 aliphatic carbocycles. The third-order valence-corrected chi connectivity index (χ3v) is 6.32. The van der Waals surface area contributed by atoms with Crippen LogP contribution in [0.25, 0.3) is 0 Å². The largest absolute Gasteiger partial charge is 0.340 e. The molecular weight excluding hydrogens is 366 g/mol. The summed E-state index contributed by atoms with van der Waals surface area (Å²) in [6, 6.07) is 12.3. The molecule has 0 aromatic heterocycles. The van der Waals surface area contributed by atoms with Gasteiger partial charge in [0.2, 0.25) is 15.9 Å². The standard InChI is InChI=1S/C18H23N5O3S/c19-8-4-10-22(11-5-9-20)18(24)16-21-12-14-23(15-13-21)27(25,26)17-6-2-1-3-7-17/h1-3,6-7H,4-5,10-16H2. The number of carbonyl (C=O) groups is 1. The van der Waals surface area contributed by atoms with E-state index in [0.717, 1.165) is 0 Å². The molecule has 8 nitrogen and oxygen atoms in total. The summed E-state index contributed by atoms with van der Waals surface area (Å²) in [5.74, 6) is -0.139. The predicted octanol–water partition coefficient (Wildman–Crippen LogP) is 0.649. The van der Waals surface area contributed by atoms with Crippen molar-refractivity contribution in [2.45, 2.75) is 17.7 Å². The quantitative estimate of drug-likeness (QED) is 0.646. The van der Waals surface area contributed by atoms with E-state index < -0.39 is 10.0 Å². The second-order valence-electron chi connectivity index (χ2n) is 6.19. The molecule has 9 heteroatoms. The third-order valence-electron chi connectivity index (χ3n) is 4.41. The lowest BCUT2D eigenvalue weighted by Gasteiger charge is -2.34. The van der Waals surface area contributed by atoms with E-state index in [-0.39, 0.29) is 30.2 Å². The minimum Gasteiger partial charge on any atom is -0.340 e. The number of amides is 1. The smallest absolute Gasteiger partial charge is 0.243 e. The van der Waals surface area contributed by atoms with Gasteiger partial charge in [0.1, 0.15) is 0 Å². The van der Waals surface area contributed by atoms with Crippen LogP contribution in [0.5, 0.6) is 0 Å². The van der Waals surface area contributed by atoms with Gasteiger partial charge in [-0.25, -0.2) is 8.42 Å². The third kappa shape index (κ3) is 5.76. The molecule has 27 heavy (non-hydrogen) atoms. The Kier molecular flexibility index (Phi) is 7.74. The van der Waals surface area contributed by atoms with E-state index in [0.29, 0.717) is 39.3 Å². The number of sulfonamides is 1. The van der Waals surface area contributed by atoms with Crippen molar-refractivity contribution in [2.24, 2.45) is 0 Å². The van der Waals surface area contributed by atoms with Crippen LogP contribution in [-0.4, -0.2) is 74.2 Å².